The molecule has 0 bridgehead atoms. The molecule has 16 heavy (non-hydrogen) atoms. The van der Waals surface area contributed by atoms with E-state index in [-0.39, 0.29) is 5.91 Å². The Balaban J connectivity index is 3.10. The predicted molar refractivity (Wildman–Crippen MR) is 60.0 cm³/mol. The summed E-state index contributed by atoms with van der Waals surface area (Å²) in [6, 6.07) is 6.26. The number of benzene rings is 1. The van der Waals surface area contributed by atoms with Crippen molar-refractivity contribution in [3.63, 3.8) is 0 Å². The van der Waals surface area contributed by atoms with Crippen LogP contribution in [0.1, 0.15) is 31.0 Å². The highest BCUT2D eigenvalue weighted by atomic mass is 16.4. The van der Waals surface area contributed by atoms with Gasteiger partial charge in [0.2, 0.25) is 5.91 Å². The van der Waals surface area contributed by atoms with Gasteiger partial charge in [0.25, 0.3) is 0 Å². The topological polar surface area (TPSA) is 66.4 Å². The van der Waals surface area contributed by atoms with Crippen LogP contribution in [0.4, 0.5) is 0 Å². The molecule has 86 valence electrons. The predicted octanol–water partition coefficient (Wildman–Crippen LogP) is 1.51. The molecule has 0 aliphatic rings. The van der Waals surface area contributed by atoms with Gasteiger partial charge in [-0.25, -0.2) is 4.79 Å². The van der Waals surface area contributed by atoms with Gasteiger partial charge in [-0.05, 0) is 17.5 Å². The van der Waals surface area contributed by atoms with E-state index in [1.165, 1.54) is 6.92 Å². The molecule has 0 aliphatic carbocycles. The number of carbonyl (C=O) groups is 2. The monoisotopic (exact) mass is 221 g/mol. The molecule has 1 amide bonds. The molecule has 1 atom stereocenters. The fourth-order valence-corrected chi connectivity index (χ4v) is 1.61. The Morgan fingerprint density at radius 1 is 1.38 bits per heavy atom. The first kappa shape index (κ1) is 12.2. The zero-order chi connectivity index (χ0) is 12.1. The minimum absolute atomic E-state index is 0.349. The van der Waals surface area contributed by atoms with Crippen LogP contribution in [0.2, 0.25) is 0 Å². The van der Waals surface area contributed by atoms with Crippen molar-refractivity contribution in [1.82, 2.24) is 5.32 Å². The fourth-order valence-electron chi connectivity index (χ4n) is 1.61. The summed E-state index contributed by atoms with van der Waals surface area (Å²) in [5.74, 6) is -1.39. The third-order valence-electron chi connectivity index (χ3n) is 2.34. The third-order valence-corrected chi connectivity index (χ3v) is 2.34. The smallest absolute Gasteiger partial charge is 0.330 e. The highest BCUT2D eigenvalue weighted by Crippen LogP contribution is 2.18. The summed E-state index contributed by atoms with van der Waals surface area (Å²) in [5.41, 5.74) is 1.58. The number of amides is 1. The Kier molecular flexibility index (Phi) is 4.05. The van der Waals surface area contributed by atoms with Gasteiger partial charge >= 0.3 is 5.97 Å². The number of hydrogen-bond donors (Lipinski definition) is 2. The van der Waals surface area contributed by atoms with Gasteiger partial charge in [-0.2, -0.15) is 0 Å². The molecular weight excluding hydrogens is 206 g/mol. The maximum Gasteiger partial charge on any atom is 0.330 e. The van der Waals surface area contributed by atoms with E-state index in [0.29, 0.717) is 5.56 Å². The lowest BCUT2D eigenvalue weighted by Crippen LogP contribution is -2.32. The number of aliphatic carboxylic acids is 1. The van der Waals surface area contributed by atoms with E-state index in [9.17, 15) is 9.59 Å². The molecule has 1 unspecified atom stereocenters. The lowest BCUT2D eigenvalue weighted by molar-refractivity contribution is -0.141. The maximum absolute atomic E-state index is 11.1. The van der Waals surface area contributed by atoms with E-state index >= 15 is 0 Å². The summed E-state index contributed by atoms with van der Waals surface area (Å²) in [4.78, 5) is 22.0. The number of nitrogens with one attached hydrogen (secondary N) is 1. The van der Waals surface area contributed by atoms with Gasteiger partial charge in [0.15, 0.2) is 6.04 Å². The van der Waals surface area contributed by atoms with E-state index in [4.69, 9.17) is 5.11 Å². The van der Waals surface area contributed by atoms with Crippen LogP contribution in [0.3, 0.4) is 0 Å². The number of carboxylic acid groups (broad SMARTS) is 1. The molecule has 0 heterocycles. The Hall–Kier alpha value is -1.84. The van der Waals surface area contributed by atoms with Crippen LogP contribution in [0.5, 0.6) is 0 Å². The fraction of sp³-hybridized carbons (Fsp3) is 0.333. The van der Waals surface area contributed by atoms with Crippen molar-refractivity contribution in [3.8, 4) is 0 Å². The number of hydrogen-bond acceptors (Lipinski definition) is 2. The molecule has 0 aromatic heterocycles. The van der Waals surface area contributed by atoms with Crippen molar-refractivity contribution in [2.75, 3.05) is 0 Å². The van der Waals surface area contributed by atoms with Crippen molar-refractivity contribution in [2.45, 2.75) is 26.3 Å². The quantitative estimate of drug-likeness (QED) is 0.809. The molecule has 0 radical (unpaired) electrons. The van der Waals surface area contributed by atoms with Crippen LogP contribution in [0.15, 0.2) is 24.3 Å². The molecule has 4 heteroatoms. The first-order valence-corrected chi connectivity index (χ1v) is 5.14. The summed E-state index contributed by atoms with van der Waals surface area (Å²) < 4.78 is 0. The Bertz CT molecular complexity index is 401. The standard InChI is InChI=1S/C12H15NO3/c1-3-9-6-4-5-7-10(9)11(12(15)16)13-8(2)14/h4-7,11H,3H2,1-2H3,(H,13,14)(H,15,16). The number of carboxylic acids is 1. The molecule has 4 nitrogen and oxygen atoms in total. The van der Waals surface area contributed by atoms with Crippen LogP contribution >= 0.6 is 0 Å². The lowest BCUT2D eigenvalue weighted by Gasteiger charge is -2.16. The van der Waals surface area contributed by atoms with E-state index in [1.807, 2.05) is 19.1 Å². The van der Waals surface area contributed by atoms with Gasteiger partial charge in [-0.3, -0.25) is 4.79 Å². The largest absolute Gasteiger partial charge is 0.479 e. The second kappa shape index (κ2) is 5.30. The van der Waals surface area contributed by atoms with Gasteiger partial charge in [-0.1, -0.05) is 31.2 Å². The molecular formula is C12H15NO3. The Morgan fingerprint density at radius 2 is 2.00 bits per heavy atom. The molecule has 1 aromatic rings. The number of carbonyl (C=O) groups excluding carboxylic acids is 1. The zero-order valence-corrected chi connectivity index (χ0v) is 9.36. The lowest BCUT2D eigenvalue weighted by atomic mass is 9.98. The second-order valence-electron chi connectivity index (χ2n) is 3.52. The van der Waals surface area contributed by atoms with Crippen LogP contribution in [0, 0.1) is 0 Å². The molecule has 0 saturated carbocycles. The molecule has 1 rings (SSSR count). The summed E-state index contributed by atoms with van der Waals surface area (Å²) in [5, 5.41) is 11.5. The minimum Gasteiger partial charge on any atom is -0.479 e. The van der Waals surface area contributed by atoms with E-state index in [2.05, 4.69) is 5.32 Å². The highest BCUT2D eigenvalue weighted by Gasteiger charge is 2.22. The molecule has 1 aromatic carbocycles. The van der Waals surface area contributed by atoms with Gasteiger partial charge < -0.3 is 10.4 Å². The zero-order valence-electron chi connectivity index (χ0n) is 9.36. The van der Waals surface area contributed by atoms with Crippen LogP contribution in [-0.4, -0.2) is 17.0 Å². The number of aryl methyl sites for hydroxylation is 1. The summed E-state index contributed by atoms with van der Waals surface area (Å²) in [7, 11) is 0. The number of rotatable bonds is 4. The SMILES string of the molecule is CCc1ccccc1C(NC(C)=O)C(=O)O. The van der Waals surface area contributed by atoms with E-state index in [0.717, 1.165) is 12.0 Å². The second-order valence-corrected chi connectivity index (χ2v) is 3.52. The average molecular weight is 221 g/mol. The van der Waals surface area contributed by atoms with Gasteiger partial charge in [0.05, 0.1) is 0 Å². The Morgan fingerprint density at radius 3 is 2.50 bits per heavy atom. The Labute approximate surface area is 94.3 Å². The van der Waals surface area contributed by atoms with Gasteiger partial charge in [-0.15, -0.1) is 0 Å². The molecule has 0 spiro atoms. The van der Waals surface area contributed by atoms with E-state index in [1.54, 1.807) is 12.1 Å². The van der Waals surface area contributed by atoms with Crippen molar-refractivity contribution < 1.29 is 14.7 Å². The maximum atomic E-state index is 11.1. The minimum atomic E-state index is -1.05. The van der Waals surface area contributed by atoms with Crippen molar-refractivity contribution in [3.05, 3.63) is 35.4 Å². The van der Waals surface area contributed by atoms with Crippen molar-refractivity contribution in [1.29, 1.82) is 0 Å². The molecule has 2 N–H and O–H groups in total. The third kappa shape index (κ3) is 2.82. The molecule has 0 saturated heterocycles. The van der Waals surface area contributed by atoms with Crippen molar-refractivity contribution in [2.24, 2.45) is 0 Å². The molecule has 0 fully saturated rings. The van der Waals surface area contributed by atoms with Crippen LogP contribution in [0.25, 0.3) is 0 Å². The first-order chi connectivity index (χ1) is 7.56. The summed E-state index contributed by atoms with van der Waals surface area (Å²) in [6.45, 7) is 3.26. The summed E-state index contributed by atoms with van der Waals surface area (Å²) in [6.07, 6.45) is 0.736. The molecule has 0 aliphatic heterocycles. The normalized spacial score (nSPS) is 11.9. The van der Waals surface area contributed by atoms with E-state index < -0.39 is 12.0 Å². The van der Waals surface area contributed by atoms with Gasteiger partial charge in [0, 0.05) is 6.92 Å². The van der Waals surface area contributed by atoms with Gasteiger partial charge in [0.1, 0.15) is 0 Å². The van der Waals surface area contributed by atoms with Crippen LogP contribution in [-0.2, 0) is 16.0 Å². The first-order valence-electron chi connectivity index (χ1n) is 5.14. The van der Waals surface area contributed by atoms with Crippen molar-refractivity contribution >= 4 is 11.9 Å². The highest BCUT2D eigenvalue weighted by molar-refractivity contribution is 5.83. The average Bonchev–Trinajstić information content (AvgIpc) is 2.25. The van der Waals surface area contributed by atoms with Crippen LogP contribution < -0.4 is 5.32 Å². The summed E-state index contributed by atoms with van der Waals surface area (Å²) >= 11 is 0.